The first-order valence-corrected chi connectivity index (χ1v) is 8.85. The molecule has 0 aliphatic carbocycles. The van der Waals surface area contributed by atoms with E-state index in [0.717, 1.165) is 19.5 Å². The van der Waals surface area contributed by atoms with Crippen LogP contribution in [0.3, 0.4) is 0 Å². The number of nitrogens with zero attached hydrogens (tertiary/aromatic N) is 1. The van der Waals surface area contributed by atoms with Gasteiger partial charge < -0.3 is 5.73 Å². The Balaban J connectivity index is 2.02. The first-order valence-electron chi connectivity index (χ1n) is 6.21. The summed E-state index contributed by atoms with van der Waals surface area (Å²) in [6.07, 6.45) is 0.745. The van der Waals surface area contributed by atoms with E-state index in [1.807, 2.05) is 0 Å². The summed E-state index contributed by atoms with van der Waals surface area (Å²) < 4.78 is 23.1. The Hall–Kier alpha value is -0.430. The second kappa shape index (κ2) is 5.69. The molecular weight excluding hydrogens is 268 g/mol. The van der Waals surface area contributed by atoms with Gasteiger partial charge in [0, 0.05) is 29.4 Å². The lowest BCUT2D eigenvalue weighted by molar-refractivity contribution is 0.287. The smallest absolute Gasteiger partial charge is 0.151 e. The number of aryl methyl sites for hydroxylation is 1. The van der Waals surface area contributed by atoms with E-state index in [2.05, 4.69) is 17.9 Å². The Morgan fingerprint density at radius 1 is 1.39 bits per heavy atom. The summed E-state index contributed by atoms with van der Waals surface area (Å²) >= 11 is 1.74. The van der Waals surface area contributed by atoms with Crippen LogP contribution in [-0.2, 0) is 22.9 Å². The topological polar surface area (TPSA) is 63.4 Å². The van der Waals surface area contributed by atoms with Gasteiger partial charge in [-0.2, -0.15) is 0 Å². The Morgan fingerprint density at radius 2 is 2.17 bits per heavy atom. The minimum absolute atomic E-state index is 0.292. The van der Waals surface area contributed by atoms with Crippen molar-refractivity contribution in [2.45, 2.75) is 26.4 Å². The van der Waals surface area contributed by atoms with Crippen LogP contribution in [0.25, 0.3) is 0 Å². The molecule has 1 aromatic heterocycles. The van der Waals surface area contributed by atoms with Gasteiger partial charge in [-0.15, -0.1) is 11.3 Å². The third-order valence-electron chi connectivity index (χ3n) is 3.31. The number of rotatable bonds is 3. The van der Waals surface area contributed by atoms with Gasteiger partial charge in [-0.3, -0.25) is 4.90 Å². The highest BCUT2D eigenvalue weighted by Gasteiger charge is 2.19. The van der Waals surface area contributed by atoms with Crippen molar-refractivity contribution in [1.82, 2.24) is 4.90 Å². The second-order valence-electron chi connectivity index (χ2n) is 4.78. The minimum Gasteiger partial charge on any atom is -0.326 e. The molecule has 2 heterocycles. The molecule has 1 aliphatic heterocycles. The standard InChI is InChI=1S/C12H20N2O2S2/c1-10-11(7-12(8-13)17-10)9-14-3-2-5-18(15,16)6-4-14/h7H,2-6,8-9,13H2,1H3. The maximum Gasteiger partial charge on any atom is 0.151 e. The lowest BCUT2D eigenvalue weighted by Crippen LogP contribution is -2.26. The van der Waals surface area contributed by atoms with E-state index in [1.165, 1.54) is 15.3 Å². The van der Waals surface area contributed by atoms with E-state index in [4.69, 9.17) is 5.73 Å². The molecule has 2 rings (SSSR count). The maximum atomic E-state index is 11.5. The van der Waals surface area contributed by atoms with E-state index in [9.17, 15) is 8.42 Å². The minimum atomic E-state index is -2.81. The van der Waals surface area contributed by atoms with Gasteiger partial charge in [0.1, 0.15) is 0 Å². The zero-order valence-corrected chi connectivity index (χ0v) is 12.3. The highest BCUT2D eigenvalue weighted by molar-refractivity contribution is 7.91. The molecule has 4 nitrogen and oxygen atoms in total. The molecule has 0 spiro atoms. The highest BCUT2D eigenvalue weighted by atomic mass is 32.2. The summed E-state index contributed by atoms with van der Waals surface area (Å²) in [5, 5.41) is 0. The molecule has 6 heteroatoms. The average molecular weight is 288 g/mol. The third-order valence-corrected chi connectivity index (χ3v) is 6.15. The second-order valence-corrected chi connectivity index (χ2v) is 8.42. The molecule has 0 bridgehead atoms. The summed E-state index contributed by atoms with van der Waals surface area (Å²) in [5.74, 6) is 0.625. The molecule has 0 amide bonds. The summed E-state index contributed by atoms with van der Waals surface area (Å²) in [6, 6.07) is 2.15. The van der Waals surface area contributed by atoms with E-state index in [0.29, 0.717) is 24.6 Å². The fourth-order valence-corrected chi connectivity index (χ4v) is 4.48. The zero-order valence-electron chi connectivity index (χ0n) is 10.7. The quantitative estimate of drug-likeness (QED) is 0.906. The average Bonchev–Trinajstić information content (AvgIpc) is 2.57. The van der Waals surface area contributed by atoms with E-state index < -0.39 is 9.84 Å². The zero-order chi connectivity index (χ0) is 13.2. The summed E-state index contributed by atoms with van der Waals surface area (Å²) in [6.45, 7) is 5.05. The molecule has 0 atom stereocenters. The summed E-state index contributed by atoms with van der Waals surface area (Å²) in [4.78, 5) is 4.73. The van der Waals surface area contributed by atoms with Gasteiger partial charge >= 0.3 is 0 Å². The molecule has 1 aromatic rings. The molecule has 1 aliphatic rings. The third kappa shape index (κ3) is 3.54. The molecule has 1 fully saturated rings. The van der Waals surface area contributed by atoms with Crippen molar-refractivity contribution in [1.29, 1.82) is 0 Å². The molecule has 0 radical (unpaired) electrons. The lowest BCUT2D eigenvalue weighted by Gasteiger charge is -2.18. The molecule has 0 saturated carbocycles. The van der Waals surface area contributed by atoms with Crippen molar-refractivity contribution in [2.24, 2.45) is 5.73 Å². The largest absolute Gasteiger partial charge is 0.326 e. The molecule has 1 saturated heterocycles. The van der Waals surface area contributed by atoms with Crippen LogP contribution < -0.4 is 5.73 Å². The predicted octanol–water partition coefficient (Wildman–Crippen LogP) is 1.14. The van der Waals surface area contributed by atoms with E-state index in [1.54, 1.807) is 11.3 Å². The predicted molar refractivity (Wildman–Crippen MR) is 75.5 cm³/mol. The molecule has 2 N–H and O–H groups in total. The van der Waals surface area contributed by atoms with Crippen LogP contribution in [-0.4, -0.2) is 37.9 Å². The van der Waals surface area contributed by atoms with Gasteiger partial charge in [-0.1, -0.05) is 0 Å². The maximum absolute atomic E-state index is 11.5. The molecule has 0 aromatic carbocycles. The normalized spacial score (nSPS) is 20.8. The van der Waals surface area contributed by atoms with Crippen molar-refractivity contribution < 1.29 is 8.42 Å². The van der Waals surface area contributed by atoms with Crippen LogP contribution >= 0.6 is 11.3 Å². The fraction of sp³-hybridized carbons (Fsp3) is 0.667. The van der Waals surface area contributed by atoms with E-state index >= 15 is 0 Å². The van der Waals surface area contributed by atoms with Gasteiger partial charge in [0.2, 0.25) is 0 Å². The van der Waals surface area contributed by atoms with Crippen molar-refractivity contribution in [3.05, 3.63) is 21.4 Å². The van der Waals surface area contributed by atoms with Crippen LogP contribution in [0.5, 0.6) is 0 Å². The van der Waals surface area contributed by atoms with Crippen molar-refractivity contribution in [3.8, 4) is 0 Å². The SMILES string of the molecule is Cc1sc(CN)cc1CN1CCCS(=O)(=O)CC1. The Bertz CT molecular complexity index is 508. The summed E-state index contributed by atoms with van der Waals surface area (Å²) in [7, 11) is -2.81. The highest BCUT2D eigenvalue weighted by Crippen LogP contribution is 2.23. The first-order chi connectivity index (χ1) is 8.50. The number of thiophene rings is 1. The van der Waals surface area contributed by atoms with Crippen LogP contribution in [0.2, 0.25) is 0 Å². The number of hydrogen-bond acceptors (Lipinski definition) is 5. The van der Waals surface area contributed by atoms with Gasteiger partial charge in [0.25, 0.3) is 0 Å². The van der Waals surface area contributed by atoms with Crippen molar-refractivity contribution >= 4 is 21.2 Å². The van der Waals surface area contributed by atoms with Crippen LogP contribution in [0.1, 0.15) is 21.7 Å². The fourth-order valence-electron chi connectivity index (χ4n) is 2.23. The number of hydrogen-bond donors (Lipinski definition) is 1. The lowest BCUT2D eigenvalue weighted by atomic mass is 10.2. The Labute approximate surface area is 113 Å². The Morgan fingerprint density at radius 3 is 2.83 bits per heavy atom. The first kappa shape index (κ1) is 14.0. The summed E-state index contributed by atoms with van der Waals surface area (Å²) in [5.41, 5.74) is 6.93. The molecule has 18 heavy (non-hydrogen) atoms. The van der Waals surface area contributed by atoms with Crippen LogP contribution in [0.15, 0.2) is 6.07 Å². The van der Waals surface area contributed by atoms with Gasteiger partial charge in [-0.25, -0.2) is 8.42 Å². The van der Waals surface area contributed by atoms with E-state index in [-0.39, 0.29) is 0 Å². The number of nitrogens with two attached hydrogens (primary N) is 1. The van der Waals surface area contributed by atoms with Crippen molar-refractivity contribution in [3.63, 3.8) is 0 Å². The van der Waals surface area contributed by atoms with Gasteiger partial charge in [-0.05, 0) is 31.5 Å². The van der Waals surface area contributed by atoms with Crippen LogP contribution in [0.4, 0.5) is 0 Å². The van der Waals surface area contributed by atoms with Gasteiger partial charge in [0.05, 0.1) is 11.5 Å². The Kier molecular flexibility index (Phi) is 4.42. The monoisotopic (exact) mass is 288 g/mol. The molecule has 102 valence electrons. The molecular formula is C12H20N2O2S2. The van der Waals surface area contributed by atoms with Crippen LogP contribution in [0, 0.1) is 6.92 Å². The molecule has 0 unspecified atom stereocenters. The van der Waals surface area contributed by atoms with Crippen molar-refractivity contribution in [2.75, 3.05) is 24.6 Å². The number of sulfone groups is 1. The van der Waals surface area contributed by atoms with Gasteiger partial charge in [0.15, 0.2) is 9.84 Å².